The summed E-state index contributed by atoms with van der Waals surface area (Å²) in [6.45, 7) is 11.9. The Labute approximate surface area is 167 Å². The molecule has 2 rings (SSSR count). The Balaban J connectivity index is 1.89. The number of carbonyl (C=O) groups excluding carboxylic acids is 2. The van der Waals surface area contributed by atoms with Crippen LogP contribution in [0, 0.1) is 28.6 Å². The Morgan fingerprint density at radius 1 is 1.04 bits per heavy atom. The molecule has 2 fully saturated rings. The summed E-state index contributed by atoms with van der Waals surface area (Å²) >= 11 is 0. The lowest BCUT2D eigenvalue weighted by atomic mass is 9.60. The number of esters is 2. The van der Waals surface area contributed by atoms with Gasteiger partial charge in [-0.2, -0.15) is 0 Å². The van der Waals surface area contributed by atoms with E-state index >= 15 is 0 Å². The monoisotopic (exact) mass is 398 g/mol. The van der Waals surface area contributed by atoms with Gasteiger partial charge in [0.15, 0.2) is 0 Å². The number of carboxylic acid groups (broad SMARTS) is 1. The topological polar surface area (TPSA) is 99.1 Å². The Morgan fingerprint density at radius 2 is 1.57 bits per heavy atom. The molecule has 0 aromatic heterocycles. The van der Waals surface area contributed by atoms with Crippen molar-refractivity contribution in [2.45, 2.75) is 73.0 Å². The number of carbonyl (C=O) groups is 3. The van der Waals surface area contributed by atoms with E-state index < -0.39 is 41.4 Å². The van der Waals surface area contributed by atoms with Gasteiger partial charge in [-0.05, 0) is 31.1 Å². The largest absolute Gasteiger partial charge is 0.481 e. The van der Waals surface area contributed by atoms with Gasteiger partial charge in [-0.3, -0.25) is 14.4 Å². The Hall–Kier alpha value is -1.63. The molecule has 0 amide bonds. The van der Waals surface area contributed by atoms with E-state index in [1.165, 1.54) is 0 Å². The molecule has 2 heterocycles. The standard InChI is InChI=1S/C21H34O7/c1-7-12(2)21(6,20(3,4)5)19(25)27-11-10-26-18(24)16-14-9-8-13(28-14)15(16)17(22)23/h12-16H,7-11H2,1-6H3,(H,22,23). The van der Waals surface area contributed by atoms with Gasteiger partial charge in [-0.15, -0.1) is 0 Å². The van der Waals surface area contributed by atoms with Gasteiger partial charge >= 0.3 is 17.9 Å². The lowest BCUT2D eigenvalue weighted by Crippen LogP contribution is -2.46. The molecule has 6 atom stereocenters. The molecule has 7 heteroatoms. The number of fused-ring (bicyclic) bond motifs is 2. The van der Waals surface area contributed by atoms with Crippen LogP contribution in [0.25, 0.3) is 0 Å². The van der Waals surface area contributed by atoms with E-state index in [2.05, 4.69) is 0 Å². The van der Waals surface area contributed by atoms with Crippen LogP contribution in [-0.4, -0.2) is 48.4 Å². The van der Waals surface area contributed by atoms with Gasteiger partial charge in [0.1, 0.15) is 13.2 Å². The third-order valence-electron chi connectivity index (χ3n) is 6.97. The van der Waals surface area contributed by atoms with Gasteiger partial charge in [-0.1, -0.05) is 41.0 Å². The number of hydrogen-bond acceptors (Lipinski definition) is 6. The van der Waals surface area contributed by atoms with E-state index in [0.717, 1.165) is 6.42 Å². The Morgan fingerprint density at radius 3 is 2.07 bits per heavy atom. The molecule has 160 valence electrons. The molecule has 0 spiro atoms. The zero-order valence-corrected chi connectivity index (χ0v) is 17.8. The SMILES string of the molecule is CCC(C)C(C)(C(=O)OCCOC(=O)C1C2CCC(O2)C1C(=O)O)C(C)(C)C. The van der Waals surface area contributed by atoms with Crippen LogP contribution in [0.2, 0.25) is 0 Å². The number of carboxylic acids is 1. The van der Waals surface area contributed by atoms with E-state index in [0.29, 0.717) is 12.8 Å². The maximum atomic E-state index is 12.8. The first-order chi connectivity index (χ1) is 12.9. The fraction of sp³-hybridized carbons (Fsp3) is 0.857. The van der Waals surface area contributed by atoms with Crippen LogP contribution in [0.4, 0.5) is 0 Å². The molecule has 0 aromatic carbocycles. The lowest BCUT2D eigenvalue weighted by Gasteiger charge is -2.43. The average molecular weight is 398 g/mol. The molecular formula is C21H34O7. The first-order valence-electron chi connectivity index (χ1n) is 10.2. The first-order valence-corrected chi connectivity index (χ1v) is 10.2. The fourth-order valence-electron chi connectivity index (χ4n) is 4.47. The molecule has 0 radical (unpaired) electrons. The van der Waals surface area contributed by atoms with Crippen LogP contribution in [0.5, 0.6) is 0 Å². The summed E-state index contributed by atoms with van der Waals surface area (Å²) in [5.41, 5.74) is -0.954. The highest BCUT2D eigenvalue weighted by Crippen LogP contribution is 2.47. The molecule has 0 aromatic rings. The van der Waals surface area contributed by atoms with Gasteiger partial charge < -0.3 is 19.3 Å². The molecular weight excluding hydrogens is 364 g/mol. The van der Waals surface area contributed by atoms with Crippen molar-refractivity contribution in [3.63, 3.8) is 0 Å². The fourth-order valence-corrected chi connectivity index (χ4v) is 4.47. The molecule has 2 aliphatic heterocycles. The second-order valence-corrected chi connectivity index (χ2v) is 9.25. The zero-order valence-electron chi connectivity index (χ0n) is 17.8. The van der Waals surface area contributed by atoms with Crippen LogP contribution < -0.4 is 0 Å². The van der Waals surface area contributed by atoms with Gasteiger partial charge in [-0.25, -0.2) is 0 Å². The van der Waals surface area contributed by atoms with Crippen molar-refractivity contribution in [2.24, 2.45) is 28.6 Å². The third kappa shape index (κ3) is 4.04. The summed E-state index contributed by atoms with van der Waals surface area (Å²) in [6, 6.07) is 0. The van der Waals surface area contributed by atoms with Crippen molar-refractivity contribution < 1.29 is 33.7 Å². The van der Waals surface area contributed by atoms with Crippen LogP contribution in [0.3, 0.4) is 0 Å². The van der Waals surface area contributed by atoms with Crippen molar-refractivity contribution in [2.75, 3.05) is 13.2 Å². The number of aliphatic carboxylic acids is 1. The van der Waals surface area contributed by atoms with Crippen LogP contribution in [-0.2, 0) is 28.6 Å². The summed E-state index contributed by atoms with van der Waals surface area (Å²) in [5, 5.41) is 9.38. The third-order valence-corrected chi connectivity index (χ3v) is 6.97. The van der Waals surface area contributed by atoms with Gasteiger partial charge in [0.2, 0.25) is 0 Å². The molecule has 7 nitrogen and oxygen atoms in total. The minimum atomic E-state index is -1.03. The second-order valence-electron chi connectivity index (χ2n) is 9.25. The van der Waals surface area contributed by atoms with E-state index in [1.807, 2.05) is 41.5 Å². The maximum Gasteiger partial charge on any atom is 0.312 e. The highest BCUT2D eigenvalue weighted by atomic mass is 16.6. The van der Waals surface area contributed by atoms with Crippen LogP contribution in [0.15, 0.2) is 0 Å². The van der Waals surface area contributed by atoms with Gasteiger partial charge in [0.25, 0.3) is 0 Å². The molecule has 28 heavy (non-hydrogen) atoms. The zero-order chi connectivity index (χ0) is 21.3. The highest BCUT2D eigenvalue weighted by Gasteiger charge is 2.56. The summed E-state index contributed by atoms with van der Waals surface area (Å²) in [4.78, 5) is 36.7. The molecule has 0 saturated carbocycles. The Kier molecular flexibility index (Phi) is 6.79. The number of rotatable bonds is 8. The quantitative estimate of drug-likeness (QED) is 0.495. The molecule has 6 unspecified atom stereocenters. The predicted octanol–water partition coefficient (Wildman–Crippen LogP) is 3.05. The van der Waals surface area contributed by atoms with Crippen molar-refractivity contribution in [1.29, 1.82) is 0 Å². The van der Waals surface area contributed by atoms with Crippen molar-refractivity contribution in [3.05, 3.63) is 0 Å². The average Bonchev–Trinajstić information content (AvgIpc) is 3.23. The molecule has 2 bridgehead atoms. The summed E-state index contributed by atoms with van der Waals surface area (Å²) < 4.78 is 16.3. The summed E-state index contributed by atoms with van der Waals surface area (Å²) in [6.07, 6.45) is 1.36. The second kappa shape index (κ2) is 8.39. The normalized spacial score (nSPS) is 29.8. The van der Waals surface area contributed by atoms with E-state index in [9.17, 15) is 19.5 Å². The number of hydrogen-bond donors (Lipinski definition) is 1. The molecule has 0 aliphatic carbocycles. The van der Waals surface area contributed by atoms with Crippen molar-refractivity contribution in [3.8, 4) is 0 Å². The lowest BCUT2D eigenvalue weighted by molar-refractivity contribution is -0.171. The molecule has 2 aliphatic rings. The van der Waals surface area contributed by atoms with E-state index in [4.69, 9.17) is 14.2 Å². The minimum absolute atomic E-state index is 0.0495. The van der Waals surface area contributed by atoms with Gasteiger partial charge in [0, 0.05) is 0 Å². The Bertz CT molecular complexity index is 608. The van der Waals surface area contributed by atoms with E-state index in [1.54, 1.807) is 0 Å². The predicted molar refractivity (Wildman–Crippen MR) is 101 cm³/mol. The van der Waals surface area contributed by atoms with Crippen molar-refractivity contribution in [1.82, 2.24) is 0 Å². The minimum Gasteiger partial charge on any atom is -0.481 e. The van der Waals surface area contributed by atoms with Crippen LogP contribution >= 0.6 is 0 Å². The maximum absolute atomic E-state index is 12.8. The smallest absolute Gasteiger partial charge is 0.312 e. The van der Waals surface area contributed by atoms with E-state index in [-0.39, 0.29) is 30.5 Å². The van der Waals surface area contributed by atoms with Crippen molar-refractivity contribution >= 4 is 17.9 Å². The van der Waals surface area contributed by atoms with Gasteiger partial charge in [0.05, 0.1) is 29.5 Å². The highest BCUT2D eigenvalue weighted by molar-refractivity contribution is 5.83. The van der Waals surface area contributed by atoms with Crippen LogP contribution in [0.1, 0.15) is 60.8 Å². The molecule has 2 saturated heterocycles. The molecule has 1 N–H and O–H groups in total. The first kappa shape index (κ1) is 22.7. The number of ether oxygens (including phenoxy) is 3. The summed E-state index contributed by atoms with van der Waals surface area (Å²) in [7, 11) is 0. The summed E-state index contributed by atoms with van der Waals surface area (Å²) in [5.74, 6) is -3.44.